The summed E-state index contributed by atoms with van der Waals surface area (Å²) in [6.45, 7) is 9.04. The molecule has 1 saturated heterocycles. The van der Waals surface area contributed by atoms with Gasteiger partial charge < -0.3 is 14.7 Å². The first-order valence-corrected chi connectivity index (χ1v) is 6.94. The highest BCUT2D eigenvalue weighted by atomic mass is 32.1. The van der Waals surface area contributed by atoms with Gasteiger partial charge in [-0.1, -0.05) is 0 Å². The lowest BCUT2D eigenvalue weighted by Crippen LogP contribution is -2.51. The molecule has 0 aromatic rings. The molecule has 0 radical (unpaired) electrons. The molecule has 0 saturated carbocycles. The second kappa shape index (κ2) is 6.63. The van der Waals surface area contributed by atoms with Crippen molar-refractivity contribution in [2.75, 3.05) is 38.5 Å². The second-order valence-corrected chi connectivity index (χ2v) is 5.97. The molecule has 6 heteroatoms. The summed E-state index contributed by atoms with van der Waals surface area (Å²) >= 11 is 4.05. The fourth-order valence-corrected chi connectivity index (χ4v) is 1.91. The van der Waals surface area contributed by atoms with E-state index in [2.05, 4.69) is 17.5 Å². The summed E-state index contributed by atoms with van der Waals surface area (Å²) in [6, 6.07) is 0. The maximum atomic E-state index is 11.8. The third-order valence-electron chi connectivity index (χ3n) is 2.70. The third kappa shape index (κ3) is 5.46. The zero-order chi connectivity index (χ0) is 13.8. The van der Waals surface area contributed by atoms with Gasteiger partial charge in [-0.3, -0.25) is 4.90 Å². The number of rotatable bonds is 3. The number of carbonyl (C=O) groups is 1. The monoisotopic (exact) mass is 276 g/mol. The molecule has 0 aliphatic carbocycles. The van der Waals surface area contributed by atoms with Crippen molar-refractivity contribution in [3.63, 3.8) is 0 Å². The minimum Gasteiger partial charge on any atom is -0.444 e. The molecule has 0 bridgehead atoms. The van der Waals surface area contributed by atoms with Gasteiger partial charge in [-0.2, -0.15) is 12.6 Å². The van der Waals surface area contributed by atoms with Gasteiger partial charge in [0.15, 0.2) is 0 Å². The Kier molecular flexibility index (Phi) is 5.75. The van der Waals surface area contributed by atoms with E-state index in [4.69, 9.17) is 4.74 Å². The number of β-amino-alcohol motifs (C(OH)–C–C–N with tert-alkyl or cyclic N) is 1. The van der Waals surface area contributed by atoms with E-state index in [0.29, 0.717) is 25.4 Å². The highest BCUT2D eigenvalue weighted by molar-refractivity contribution is 7.80. The molecular weight excluding hydrogens is 252 g/mol. The van der Waals surface area contributed by atoms with Crippen molar-refractivity contribution in [1.29, 1.82) is 0 Å². The lowest BCUT2D eigenvalue weighted by Gasteiger charge is -2.36. The fourth-order valence-electron chi connectivity index (χ4n) is 1.80. The highest BCUT2D eigenvalue weighted by Gasteiger charge is 2.26. The maximum absolute atomic E-state index is 11.8. The van der Waals surface area contributed by atoms with Crippen LogP contribution in [0.1, 0.15) is 20.8 Å². The topological polar surface area (TPSA) is 53.0 Å². The normalized spacial score (nSPS) is 19.7. The number of hydrogen-bond acceptors (Lipinski definition) is 5. The van der Waals surface area contributed by atoms with Crippen LogP contribution in [0.4, 0.5) is 4.79 Å². The minimum atomic E-state index is -0.448. The fraction of sp³-hybridized carbons (Fsp3) is 0.917. The van der Waals surface area contributed by atoms with Crippen LogP contribution >= 0.6 is 12.6 Å². The zero-order valence-corrected chi connectivity index (χ0v) is 12.3. The van der Waals surface area contributed by atoms with E-state index in [1.54, 1.807) is 4.90 Å². The maximum Gasteiger partial charge on any atom is 0.410 e. The molecule has 1 aliphatic rings. The van der Waals surface area contributed by atoms with E-state index in [-0.39, 0.29) is 6.09 Å². The van der Waals surface area contributed by atoms with Gasteiger partial charge in [0.1, 0.15) is 5.60 Å². The first kappa shape index (κ1) is 15.6. The smallest absolute Gasteiger partial charge is 0.410 e. The summed E-state index contributed by atoms with van der Waals surface area (Å²) in [6.07, 6.45) is -0.654. The molecule has 1 N–H and O–H groups in total. The van der Waals surface area contributed by atoms with E-state index in [1.165, 1.54) is 0 Å². The summed E-state index contributed by atoms with van der Waals surface area (Å²) in [7, 11) is 0. The van der Waals surface area contributed by atoms with Crippen molar-refractivity contribution >= 4 is 18.7 Å². The van der Waals surface area contributed by atoms with Gasteiger partial charge in [-0.15, -0.1) is 0 Å². The van der Waals surface area contributed by atoms with Crippen LogP contribution in [0.25, 0.3) is 0 Å². The van der Waals surface area contributed by atoms with E-state index < -0.39 is 11.7 Å². The molecule has 0 unspecified atom stereocenters. The van der Waals surface area contributed by atoms with Crippen LogP contribution in [-0.2, 0) is 4.74 Å². The number of amides is 1. The predicted octanol–water partition coefficient (Wildman–Crippen LogP) is 0.830. The Morgan fingerprint density at radius 3 is 2.33 bits per heavy atom. The summed E-state index contributed by atoms with van der Waals surface area (Å²) in [4.78, 5) is 15.7. The number of piperazine rings is 1. The van der Waals surface area contributed by atoms with Crippen LogP contribution in [-0.4, -0.2) is 71.2 Å². The van der Waals surface area contributed by atoms with Crippen molar-refractivity contribution in [3.8, 4) is 0 Å². The van der Waals surface area contributed by atoms with Gasteiger partial charge >= 0.3 is 6.09 Å². The van der Waals surface area contributed by atoms with Crippen molar-refractivity contribution in [1.82, 2.24) is 9.80 Å². The van der Waals surface area contributed by atoms with Crippen molar-refractivity contribution in [2.24, 2.45) is 0 Å². The molecule has 0 aromatic carbocycles. The van der Waals surface area contributed by atoms with Gasteiger partial charge in [-0.25, -0.2) is 4.79 Å². The number of hydrogen-bond donors (Lipinski definition) is 2. The lowest BCUT2D eigenvalue weighted by molar-refractivity contribution is 0.0112. The molecule has 1 heterocycles. The van der Waals surface area contributed by atoms with Gasteiger partial charge in [0.05, 0.1) is 6.10 Å². The average molecular weight is 276 g/mol. The predicted molar refractivity (Wildman–Crippen MR) is 74.1 cm³/mol. The van der Waals surface area contributed by atoms with Crippen molar-refractivity contribution in [3.05, 3.63) is 0 Å². The number of nitrogens with zero attached hydrogens (tertiary/aromatic N) is 2. The van der Waals surface area contributed by atoms with Crippen molar-refractivity contribution in [2.45, 2.75) is 32.5 Å². The van der Waals surface area contributed by atoms with Gasteiger partial charge in [0, 0.05) is 38.5 Å². The van der Waals surface area contributed by atoms with E-state index in [9.17, 15) is 9.90 Å². The summed E-state index contributed by atoms with van der Waals surface area (Å²) < 4.78 is 5.32. The number of ether oxygens (including phenoxy) is 1. The zero-order valence-electron chi connectivity index (χ0n) is 11.4. The Bertz CT molecular complexity index is 273. The number of carbonyl (C=O) groups excluding carboxylic acids is 1. The molecule has 1 rings (SSSR count). The van der Waals surface area contributed by atoms with Crippen LogP contribution < -0.4 is 0 Å². The molecule has 1 fully saturated rings. The summed E-state index contributed by atoms with van der Waals surface area (Å²) in [5, 5.41) is 9.51. The number of thiol groups is 1. The van der Waals surface area contributed by atoms with Gasteiger partial charge in [0.2, 0.25) is 0 Å². The summed E-state index contributed by atoms with van der Waals surface area (Å²) in [5.41, 5.74) is -0.448. The van der Waals surface area contributed by atoms with E-state index in [1.807, 2.05) is 20.8 Å². The van der Waals surface area contributed by atoms with Gasteiger partial charge in [0.25, 0.3) is 0 Å². The van der Waals surface area contributed by atoms with Crippen LogP contribution in [0.2, 0.25) is 0 Å². The number of aliphatic hydroxyl groups is 1. The third-order valence-corrected chi connectivity index (χ3v) is 3.13. The van der Waals surface area contributed by atoms with Crippen LogP contribution in [0.3, 0.4) is 0 Å². The Morgan fingerprint density at radius 2 is 1.89 bits per heavy atom. The Balaban J connectivity index is 2.33. The van der Waals surface area contributed by atoms with Crippen molar-refractivity contribution < 1.29 is 14.6 Å². The Morgan fingerprint density at radius 1 is 1.33 bits per heavy atom. The van der Waals surface area contributed by atoms with Crippen LogP contribution in [0.15, 0.2) is 0 Å². The Labute approximate surface area is 114 Å². The average Bonchev–Trinajstić information content (AvgIpc) is 2.27. The first-order valence-electron chi connectivity index (χ1n) is 6.31. The molecule has 1 aliphatic heterocycles. The molecular formula is C12H24N2O3S. The Hall–Kier alpha value is -0.460. The quantitative estimate of drug-likeness (QED) is 0.750. The first-order chi connectivity index (χ1) is 8.31. The van der Waals surface area contributed by atoms with Gasteiger partial charge in [-0.05, 0) is 20.8 Å². The molecule has 106 valence electrons. The van der Waals surface area contributed by atoms with Crippen LogP contribution in [0, 0.1) is 0 Å². The lowest BCUT2D eigenvalue weighted by atomic mass is 10.2. The largest absolute Gasteiger partial charge is 0.444 e. The minimum absolute atomic E-state index is 0.253. The number of aliphatic hydroxyl groups excluding tert-OH is 1. The highest BCUT2D eigenvalue weighted by Crippen LogP contribution is 2.12. The molecule has 0 spiro atoms. The summed E-state index contributed by atoms with van der Waals surface area (Å²) in [5.74, 6) is 0.465. The SMILES string of the molecule is CC(C)(C)OC(=O)N1CCN(C[C@@H](O)CS)CC1. The molecule has 0 aromatic heterocycles. The van der Waals surface area contributed by atoms with Crippen LogP contribution in [0.5, 0.6) is 0 Å². The van der Waals surface area contributed by atoms with E-state index >= 15 is 0 Å². The second-order valence-electron chi connectivity index (χ2n) is 5.60. The molecule has 5 nitrogen and oxygen atoms in total. The standard InChI is InChI=1S/C12H24N2O3S/c1-12(2,3)17-11(16)14-6-4-13(5-7-14)8-10(15)9-18/h10,15,18H,4-9H2,1-3H3/t10-/m1/s1. The molecule has 18 heavy (non-hydrogen) atoms. The molecule has 1 atom stereocenters. The molecule has 1 amide bonds. The van der Waals surface area contributed by atoms with E-state index in [0.717, 1.165) is 13.1 Å².